The molecule has 2 nitrogen and oxygen atoms in total. The number of nitrogens with two attached hydrogens (primary N) is 1. The van der Waals surface area contributed by atoms with Crippen LogP contribution in [0.4, 0.5) is 8.78 Å². The molecule has 1 rings (SSSR count). The molecule has 0 spiro atoms. The molecule has 0 amide bonds. The first kappa shape index (κ1) is 13.1. The molecule has 1 aromatic rings. The summed E-state index contributed by atoms with van der Waals surface area (Å²) in [6.45, 7) is 5.03. The van der Waals surface area contributed by atoms with Crippen molar-refractivity contribution < 1.29 is 13.9 Å². The third-order valence-electron chi connectivity index (χ3n) is 2.70. The number of hydrogen-bond donors (Lipinski definition) is 2. The van der Waals surface area contributed by atoms with E-state index < -0.39 is 23.8 Å². The van der Waals surface area contributed by atoms with Crippen LogP contribution in [0.3, 0.4) is 0 Å². The molecular formula is C12H17F2NO. The van der Waals surface area contributed by atoms with Crippen molar-refractivity contribution in [1.82, 2.24) is 0 Å². The topological polar surface area (TPSA) is 46.2 Å². The molecule has 0 aliphatic rings. The minimum Gasteiger partial charge on any atom is -0.391 e. The fourth-order valence-electron chi connectivity index (χ4n) is 1.57. The Morgan fingerprint density at radius 3 is 2.31 bits per heavy atom. The van der Waals surface area contributed by atoms with Gasteiger partial charge in [0.2, 0.25) is 0 Å². The zero-order valence-electron chi connectivity index (χ0n) is 9.67. The van der Waals surface area contributed by atoms with Crippen LogP contribution in [0.2, 0.25) is 0 Å². The Morgan fingerprint density at radius 1 is 1.25 bits per heavy atom. The molecule has 0 aromatic heterocycles. The van der Waals surface area contributed by atoms with Crippen molar-refractivity contribution in [2.24, 2.45) is 11.7 Å². The highest BCUT2D eigenvalue weighted by Crippen LogP contribution is 2.26. The van der Waals surface area contributed by atoms with Gasteiger partial charge in [0.15, 0.2) is 0 Å². The lowest BCUT2D eigenvalue weighted by atomic mass is 9.93. The molecule has 0 aliphatic heterocycles. The molecule has 0 aliphatic carbocycles. The van der Waals surface area contributed by atoms with Gasteiger partial charge in [-0.3, -0.25) is 0 Å². The van der Waals surface area contributed by atoms with Crippen molar-refractivity contribution in [2.75, 3.05) is 0 Å². The van der Waals surface area contributed by atoms with Crippen LogP contribution in [0.25, 0.3) is 0 Å². The second-order valence-electron chi connectivity index (χ2n) is 4.35. The van der Waals surface area contributed by atoms with E-state index in [1.165, 1.54) is 19.1 Å². The maximum absolute atomic E-state index is 13.7. The Morgan fingerprint density at radius 2 is 1.81 bits per heavy atom. The number of hydrogen-bond acceptors (Lipinski definition) is 2. The Balaban J connectivity index is 3.17. The average molecular weight is 229 g/mol. The highest BCUT2D eigenvalue weighted by molar-refractivity contribution is 5.29. The summed E-state index contributed by atoms with van der Waals surface area (Å²) in [5.74, 6) is -1.54. The number of halogens is 2. The van der Waals surface area contributed by atoms with Crippen molar-refractivity contribution in [3.63, 3.8) is 0 Å². The lowest BCUT2D eigenvalue weighted by Gasteiger charge is -2.23. The van der Waals surface area contributed by atoms with Gasteiger partial charge in [-0.2, -0.15) is 0 Å². The average Bonchev–Trinajstić information content (AvgIpc) is 2.22. The minimum absolute atomic E-state index is 0.158. The number of aliphatic hydroxyl groups is 1. The first-order valence-electron chi connectivity index (χ1n) is 5.24. The van der Waals surface area contributed by atoms with Gasteiger partial charge in [-0.15, -0.1) is 0 Å². The Kier molecular flexibility index (Phi) is 3.99. The lowest BCUT2D eigenvalue weighted by molar-refractivity contribution is 0.0951. The highest BCUT2D eigenvalue weighted by Gasteiger charge is 2.26. The quantitative estimate of drug-likeness (QED) is 0.835. The van der Waals surface area contributed by atoms with Crippen LogP contribution in [-0.4, -0.2) is 11.2 Å². The van der Waals surface area contributed by atoms with Crippen LogP contribution >= 0.6 is 0 Å². The third kappa shape index (κ3) is 2.39. The summed E-state index contributed by atoms with van der Waals surface area (Å²) in [6, 6.07) is 1.48. The minimum atomic E-state index is -1.04. The number of rotatable bonds is 3. The molecule has 3 N–H and O–H groups in total. The van der Waals surface area contributed by atoms with E-state index in [1.54, 1.807) is 13.8 Å². The SMILES string of the molecule is Cc1ccc(F)c([C@@H](N)[C@@H](O)C(C)C)c1F. The molecule has 2 atom stereocenters. The second-order valence-corrected chi connectivity index (χ2v) is 4.35. The first-order valence-corrected chi connectivity index (χ1v) is 5.24. The Labute approximate surface area is 94.1 Å². The van der Waals surface area contributed by atoms with E-state index in [0.717, 1.165) is 0 Å². The van der Waals surface area contributed by atoms with E-state index in [1.807, 2.05) is 0 Å². The molecule has 0 radical (unpaired) electrons. The summed E-state index contributed by atoms with van der Waals surface area (Å²) < 4.78 is 27.2. The van der Waals surface area contributed by atoms with Crippen molar-refractivity contribution >= 4 is 0 Å². The molecule has 0 heterocycles. The summed E-state index contributed by atoms with van der Waals surface area (Å²) in [5, 5.41) is 9.73. The predicted molar refractivity (Wildman–Crippen MR) is 58.9 cm³/mol. The van der Waals surface area contributed by atoms with Crippen LogP contribution in [0.15, 0.2) is 12.1 Å². The van der Waals surface area contributed by atoms with Gasteiger partial charge in [0.25, 0.3) is 0 Å². The number of aliphatic hydroxyl groups excluding tert-OH is 1. The molecule has 0 saturated carbocycles. The van der Waals surface area contributed by atoms with Gasteiger partial charge in [-0.25, -0.2) is 8.78 Å². The maximum Gasteiger partial charge on any atom is 0.133 e. The molecule has 0 unspecified atom stereocenters. The standard InChI is InChI=1S/C12H17F2NO/c1-6(2)12(16)11(15)9-8(13)5-4-7(3)10(9)14/h4-6,11-12,16H,15H2,1-3H3/t11-,12+/m1/s1. The van der Waals surface area contributed by atoms with Gasteiger partial charge < -0.3 is 10.8 Å². The zero-order chi connectivity index (χ0) is 12.5. The number of aryl methyl sites for hydroxylation is 1. The van der Waals surface area contributed by atoms with Crippen molar-refractivity contribution in [2.45, 2.75) is 32.9 Å². The molecule has 0 bridgehead atoms. The second kappa shape index (κ2) is 4.89. The molecule has 0 saturated heterocycles. The van der Waals surface area contributed by atoms with Crippen molar-refractivity contribution in [1.29, 1.82) is 0 Å². The maximum atomic E-state index is 13.7. The molecular weight excluding hydrogens is 212 g/mol. The third-order valence-corrected chi connectivity index (χ3v) is 2.70. The summed E-state index contributed by atoms with van der Waals surface area (Å²) in [6.07, 6.45) is -0.967. The molecule has 4 heteroatoms. The predicted octanol–water partition coefficient (Wildman–Crippen LogP) is 2.29. The van der Waals surface area contributed by atoms with E-state index in [2.05, 4.69) is 0 Å². The Hall–Kier alpha value is -1.00. The summed E-state index contributed by atoms with van der Waals surface area (Å²) in [4.78, 5) is 0. The van der Waals surface area contributed by atoms with Crippen LogP contribution in [0, 0.1) is 24.5 Å². The normalized spacial score (nSPS) is 15.2. The fourth-order valence-corrected chi connectivity index (χ4v) is 1.57. The van der Waals surface area contributed by atoms with Gasteiger partial charge in [0, 0.05) is 5.56 Å². The molecule has 90 valence electrons. The van der Waals surface area contributed by atoms with Gasteiger partial charge >= 0.3 is 0 Å². The van der Waals surface area contributed by atoms with E-state index in [0.29, 0.717) is 5.56 Å². The van der Waals surface area contributed by atoms with Crippen LogP contribution in [0.5, 0.6) is 0 Å². The fraction of sp³-hybridized carbons (Fsp3) is 0.500. The van der Waals surface area contributed by atoms with Crippen molar-refractivity contribution in [3.05, 3.63) is 34.9 Å². The van der Waals surface area contributed by atoms with Gasteiger partial charge in [0.1, 0.15) is 11.6 Å². The van der Waals surface area contributed by atoms with Gasteiger partial charge in [-0.05, 0) is 24.5 Å². The van der Waals surface area contributed by atoms with E-state index in [4.69, 9.17) is 5.73 Å². The van der Waals surface area contributed by atoms with E-state index >= 15 is 0 Å². The molecule has 1 aromatic carbocycles. The first-order chi connectivity index (χ1) is 7.36. The largest absolute Gasteiger partial charge is 0.391 e. The van der Waals surface area contributed by atoms with Crippen molar-refractivity contribution in [3.8, 4) is 0 Å². The van der Waals surface area contributed by atoms with E-state index in [-0.39, 0.29) is 11.5 Å². The van der Waals surface area contributed by atoms with Gasteiger partial charge in [-0.1, -0.05) is 19.9 Å². The Bertz CT molecular complexity index is 380. The highest BCUT2D eigenvalue weighted by atomic mass is 19.1. The molecule has 0 fully saturated rings. The summed E-state index contributed by atoms with van der Waals surface area (Å²) in [7, 11) is 0. The smallest absolute Gasteiger partial charge is 0.133 e. The number of benzene rings is 1. The van der Waals surface area contributed by atoms with Crippen LogP contribution in [0.1, 0.15) is 31.0 Å². The lowest BCUT2D eigenvalue weighted by Crippen LogP contribution is -2.32. The van der Waals surface area contributed by atoms with Crippen LogP contribution < -0.4 is 5.73 Å². The van der Waals surface area contributed by atoms with Gasteiger partial charge in [0.05, 0.1) is 12.1 Å². The zero-order valence-corrected chi connectivity index (χ0v) is 9.67. The molecule has 16 heavy (non-hydrogen) atoms. The summed E-state index contributed by atoms with van der Waals surface area (Å²) in [5.41, 5.74) is 5.77. The van der Waals surface area contributed by atoms with E-state index in [9.17, 15) is 13.9 Å². The van der Waals surface area contributed by atoms with Crippen LogP contribution in [-0.2, 0) is 0 Å². The monoisotopic (exact) mass is 229 g/mol. The summed E-state index contributed by atoms with van der Waals surface area (Å²) >= 11 is 0.